The molecule has 1 heterocycles. The standard InChI is InChI=1S/C6H12O4/c1-6(9)4(8)3-10-5(6)2-7/h4-5,7-9H,2-3H2,1H3/t4-,5+,6-/m0/s1. The van der Waals surface area contributed by atoms with Gasteiger partial charge >= 0.3 is 0 Å². The van der Waals surface area contributed by atoms with E-state index in [9.17, 15) is 5.11 Å². The first kappa shape index (κ1) is 7.94. The fourth-order valence-electron chi connectivity index (χ4n) is 0.997. The minimum absolute atomic E-state index is 0.0955. The highest BCUT2D eigenvalue weighted by atomic mass is 16.5. The first-order chi connectivity index (χ1) is 4.59. The van der Waals surface area contributed by atoms with E-state index >= 15 is 0 Å². The summed E-state index contributed by atoms with van der Waals surface area (Å²) >= 11 is 0. The summed E-state index contributed by atoms with van der Waals surface area (Å²) in [7, 11) is 0. The lowest BCUT2D eigenvalue weighted by Gasteiger charge is -2.24. The van der Waals surface area contributed by atoms with Crippen LogP contribution in [-0.2, 0) is 4.74 Å². The summed E-state index contributed by atoms with van der Waals surface area (Å²) in [4.78, 5) is 0. The average Bonchev–Trinajstić information content (AvgIpc) is 2.10. The highest BCUT2D eigenvalue weighted by molar-refractivity contribution is 4.94. The van der Waals surface area contributed by atoms with Crippen LogP contribution in [0.3, 0.4) is 0 Å². The van der Waals surface area contributed by atoms with Gasteiger partial charge in [0.15, 0.2) is 0 Å². The Morgan fingerprint density at radius 2 is 2.30 bits per heavy atom. The Bertz CT molecular complexity index is 123. The number of ether oxygens (including phenoxy) is 1. The average molecular weight is 148 g/mol. The number of hydrogen-bond donors (Lipinski definition) is 3. The van der Waals surface area contributed by atoms with E-state index < -0.39 is 17.8 Å². The minimum atomic E-state index is -1.30. The Labute approximate surface area is 59.1 Å². The van der Waals surface area contributed by atoms with Crippen LogP contribution in [0.15, 0.2) is 0 Å². The molecule has 1 saturated heterocycles. The molecule has 60 valence electrons. The van der Waals surface area contributed by atoms with Crippen molar-refractivity contribution in [2.45, 2.75) is 24.7 Å². The van der Waals surface area contributed by atoms with Crippen molar-refractivity contribution in [1.82, 2.24) is 0 Å². The molecule has 4 nitrogen and oxygen atoms in total. The highest BCUT2D eigenvalue weighted by Gasteiger charge is 2.45. The molecule has 1 aliphatic heterocycles. The van der Waals surface area contributed by atoms with Crippen LogP contribution in [0, 0.1) is 0 Å². The largest absolute Gasteiger partial charge is 0.394 e. The van der Waals surface area contributed by atoms with Crippen molar-refractivity contribution in [3.63, 3.8) is 0 Å². The zero-order valence-electron chi connectivity index (χ0n) is 5.82. The van der Waals surface area contributed by atoms with Gasteiger partial charge in [-0.1, -0.05) is 0 Å². The molecule has 0 unspecified atom stereocenters. The molecule has 0 aliphatic carbocycles. The maximum absolute atomic E-state index is 9.39. The smallest absolute Gasteiger partial charge is 0.118 e. The molecule has 0 bridgehead atoms. The normalized spacial score (nSPS) is 48.0. The Morgan fingerprint density at radius 1 is 1.70 bits per heavy atom. The van der Waals surface area contributed by atoms with Gasteiger partial charge in [-0.2, -0.15) is 0 Å². The molecule has 0 aromatic carbocycles. The zero-order valence-corrected chi connectivity index (χ0v) is 5.82. The summed E-state index contributed by atoms with van der Waals surface area (Å²) in [5.41, 5.74) is -1.30. The van der Waals surface area contributed by atoms with Gasteiger partial charge in [0.1, 0.15) is 17.8 Å². The summed E-state index contributed by atoms with van der Waals surface area (Å²) in [5, 5.41) is 27.1. The van der Waals surface area contributed by atoms with Gasteiger partial charge < -0.3 is 20.1 Å². The van der Waals surface area contributed by atoms with Crippen LogP contribution < -0.4 is 0 Å². The van der Waals surface area contributed by atoms with Gasteiger partial charge in [0, 0.05) is 0 Å². The lowest BCUT2D eigenvalue weighted by Crippen LogP contribution is -2.45. The van der Waals surface area contributed by atoms with E-state index in [1.165, 1.54) is 6.92 Å². The fraction of sp³-hybridized carbons (Fsp3) is 1.00. The molecule has 1 aliphatic rings. The zero-order chi connectivity index (χ0) is 7.78. The topological polar surface area (TPSA) is 69.9 Å². The third-order valence-electron chi connectivity index (χ3n) is 1.95. The van der Waals surface area contributed by atoms with E-state index in [1.54, 1.807) is 0 Å². The van der Waals surface area contributed by atoms with E-state index in [2.05, 4.69) is 0 Å². The molecule has 0 aromatic rings. The van der Waals surface area contributed by atoms with E-state index in [0.29, 0.717) is 0 Å². The molecule has 1 fully saturated rings. The number of rotatable bonds is 1. The molecular formula is C6H12O4. The maximum atomic E-state index is 9.39. The van der Waals surface area contributed by atoms with Crippen molar-refractivity contribution in [3.05, 3.63) is 0 Å². The number of hydrogen-bond acceptors (Lipinski definition) is 4. The van der Waals surface area contributed by atoms with Crippen LogP contribution in [0.2, 0.25) is 0 Å². The first-order valence-corrected chi connectivity index (χ1v) is 3.22. The molecule has 0 spiro atoms. The first-order valence-electron chi connectivity index (χ1n) is 3.22. The third kappa shape index (κ3) is 1.03. The molecule has 3 N–H and O–H groups in total. The second-order valence-corrected chi connectivity index (χ2v) is 2.75. The Morgan fingerprint density at radius 3 is 2.50 bits per heavy atom. The molecule has 0 radical (unpaired) electrons. The predicted octanol–water partition coefficient (Wildman–Crippen LogP) is -1.51. The predicted molar refractivity (Wildman–Crippen MR) is 33.5 cm³/mol. The number of aliphatic hydroxyl groups excluding tert-OH is 2. The summed E-state index contributed by atoms with van der Waals surface area (Å²) in [6.07, 6.45) is -1.54. The van der Waals surface area contributed by atoms with Gasteiger partial charge in [-0.15, -0.1) is 0 Å². The van der Waals surface area contributed by atoms with Crippen LogP contribution in [0.4, 0.5) is 0 Å². The van der Waals surface area contributed by atoms with Gasteiger partial charge in [-0.3, -0.25) is 0 Å². The lowest BCUT2D eigenvalue weighted by molar-refractivity contribution is -0.0789. The van der Waals surface area contributed by atoms with Crippen LogP contribution in [0.1, 0.15) is 6.92 Å². The molecule has 0 saturated carbocycles. The monoisotopic (exact) mass is 148 g/mol. The van der Waals surface area contributed by atoms with Crippen molar-refractivity contribution in [3.8, 4) is 0 Å². The van der Waals surface area contributed by atoms with Crippen molar-refractivity contribution in [2.75, 3.05) is 13.2 Å². The highest BCUT2D eigenvalue weighted by Crippen LogP contribution is 2.24. The van der Waals surface area contributed by atoms with Gasteiger partial charge in [0.25, 0.3) is 0 Å². The SMILES string of the molecule is C[C@]1(O)[C@@H](O)CO[C@@H]1CO. The Kier molecular flexibility index (Phi) is 1.96. The van der Waals surface area contributed by atoms with Gasteiger partial charge in [0.2, 0.25) is 0 Å². The molecule has 4 heteroatoms. The van der Waals surface area contributed by atoms with Gasteiger partial charge in [-0.05, 0) is 6.92 Å². The minimum Gasteiger partial charge on any atom is -0.394 e. The fourth-order valence-corrected chi connectivity index (χ4v) is 0.997. The summed E-state index contributed by atoms with van der Waals surface area (Å²) in [5.74, 6) is 0. The van der Waals surface area contributed by atoms with E-state index in [1.807, 2.05) is 0 Å². The van der Waals surface area contributed by atoms with Gasteiger partial charge in [-0.25, -0.2) is 0 Å². The summed E-state index contributed by atoms with van der Waals surface area (Å²) in [6, 6.07) is 0. The van der Waals surface area contributed by atoms with Crippen molar-refractivity contribution in [1.29, 1.82) is 0 Å². The molecule has 1 rings (SSSR count). The van der Waals surface area contributed by atoms with E-state index in [-0.39, 0.29) is 13.2 Å². The Hall–Kier alpha value is -0.160. The van der Waals surface area contributed by atoms with Crippen LogP contribution in [-0.4, -0.2) is 46.3 Å². The molecule has 10 heavy (non-hydrogen) atoms. The van der Waals surface area contributed by atoms with Crippen LogP contribution >= 0.6 is 0 Å². The molecule has 0 aromatic heterocycles. The van der Waals surface area contributed by atoms with Crippen LogP contribution in [0.25, 0.3) is 0 Å². The van der Waals surface area contributed by atoms with E-state index in [4.69, 9.17) is 14.9 Å². The quantitative estimate of drug-likeness (QED) is 0.423. The second-order valence-electron chi connectivity index (χ2n) is 2.75. The number of aliphatic hydroxyl groups is 3. The molecular weight excluding hydrogens is 136 g/mol. The lowest BCUT2D eigenvalue weighted by atomic mass is 9.96. The molecule has 3 atom stereocenters. The summed E-state index contributed by atoms with van der Waals surface area (Å²) in [6.45, 7) is 1.29. The summed E-state index contributed by atoms with van der Waals surface area (Å²) < 4.78 is 4.88. The Balaban J connectivity index is 2.64. The van der Waals surface area contributed by atoms with Gasteiger partial charge in [0.05, 0.1) is 13.2 Å². The van der Waals surface area contributed by atoms with Crippen molar-refractivity contribution >= 4 is 0 Å². The third-order valence-corrected chi connectivity index (χ3v) is 1.95. The maximum Gasteiger partial charge on any atom is 0.118 e. The van der Waals surface area contributed by atoms with Crippen molar-refractivity contribution < 1.29 is 20.1 Å². The van der Waals surface area contributed by atoms with E-state index in [0.717, 1.165) is 0 Å². The van der Waals surface area contributed by atoms with Crippen molar-refractivity contribution in [2.24, 2.45) is 0 Å². The molecule has 0 amide bonds. The second kappa shape index (κ2) is 2.47. The van der Waals surface area contributed by atoms with Crippen LogP contribution in [0.5, 0.6) is 0 Å².